The third kappa shape index (κ3) is 6.03. The smallest absolute Gasteiger partial charge is 0.0978 e. The molecule has 0 aliphatic carbocycles. The number of hydrogen-bond acceptors (Lipinski definition) is 5. The molecule has 0 N–H and O–H groups in total. The second-order valence-corrected chi connectivity index (χ2v) is 14.6. The molecule has 0 unspecified atom stereocenters. The van der Waals surface area contributed by atoms with Crippen LogP contribution in [0.5, 0.6) is 0 Å². The highest BCUT2D eigenvalue weighted by Crippen LogP contribution is 2.39. The van der Waals surface area contributed by atoms with Gasteiger partial charge in [-0.15, -0.1) is 0 Å². The van der Waals surface area contributed by atoms with E-state index in [0.717, 1.165) is 105 Å². The molecule has 0 atom stereocenters. The molecule has 0 fully saturated rings. The summed E-state index contributed by atoms with van der Waals surface area (Å²) < 4.78 is 0. The fourth-order valence-corrected chi connectivity index (χ4v) is 8.07. The van der Waals surface area contributed by atoms with E-state index in [1.165, 1.54) is 5.56 Å². The van der Waals surface area contributed by atoms with Crippen molar-refractivity contribution in [3.63, 3.8) is 0 Å². The van der Waals surface area contributed by atoms with Crippen molar-refractivity contribution in [2.75, 3.05) is 0 Å². The highest BCUT2D eigenvalue weighted by atomic mass is 14.8. The van der Waals surface area contributed by atoms with Crippen molar-refractivity contribution in [3.8, 4) is 67.2 Å². The second kappa shape index (κ2) is 14.0. The summed E-state index contributed by atoms with van der Waals surface area (Å²) in [6.07, 6.45) is 7.46. The van der Waals surface area contributed by atoms with Gasteiger partial charge in [-0.05, 0) is 92.7 Å². The number of fused-ring (bicyclic) bond motifs is 5. The van der Waals surface area contributed by atoms with Crippen molar-refractivity contribution in [1.82, 2.24) is 24.9 Å². The third-order valence-corrected chi connectivity index (χ3v) is 11.0. The highest BCUT2D eigenvalue weighted by Gasteiger charge is 2.16. The minimum absolute atomic E-state index is 0.817. The van der Waals surface area contributed by atoms with Crippen LogP contribution < -0.4 is 0 Å². The Morgan fingerprint density at radius 3 is 1.81 bits per heavy atom. The monoisotopic (exact) mass is 739 g/mol. The molecule has 11 rings (SSSR count). The Bertz CT molecular complexity index is 3210. The van der Waals surface area contributed by atoms with Gasteiger partial charge in [-0.25, -0.2) is 9.97 Å². The number of para-hydroxylation sites is 1. The molecule has 0 saturated carbocycles. The van der Waals surface area contributed by atoms with Gasteiger partial charge in [0.2, 0.25) is 0 Å². The summed E-state index contributed by atoms with van der Waals surface area (Å²) in [5.74, 6) is 0. The number of aromatic nitrogens is 5. The molecule has 58 heavy (non-hydrogen) atoms. The van der Waals surface area contributed by atoms with E-state index < -0.39 is 0 Å². The summed E-state index contributed by atoms with van der Waals surface area (Å²) in [5, 5.41) is 5.61. The van der Waals surface area contributed by atoms with Gasteiger partial charge in [0, 0.05) is 57.6 Å². The Labute approximate surface area is 335 Å². The van der Waals surface area contributed by atoms with Crippen LogP contribution in [0.2, 0.25) is 0 Å². The molecule has 5 heterocycles. The average molecular weight is 740 g/mol. The molecule has 270 valence electrons. The molecule has 11 aromatic rings. The lowest BCUT2D eigenvalue weighted by Gasteiger charge is -2.14. The maximum absolute atomic E-state index is 5.20. The quantitative estimate of drug-likeness (QED) is 0.125. The van der Waals surface area contributed by atoms with Gasteiger partial charge in [-0.1, -0.05) is 127 Å². The first-order valence-corrected chi connectivity index (χ1v) is 19.4. The molecule has 5 nitrogen and oxygen atoms in total. The van der Waals surface area contributed by atoms with Gasteiger partial charge in [0.15, 0.2) is 0 Å². The number of pyridine rings is 5. The van der Waals surface area contributed by atoms with Crippen molar-refractivity contribution < 1.29 is 0 Å². The molecule has 5 heteroatoms. The summed E-state index contributed by atoms with van der Waals surface area (Å²) in [6.45, 7) is 0. The molecule has 0 amide bonds. The van der Waals surface area contributed by atoms with Crippen LogP contribution in [0.15, 0.2) is 201 Å². The minimum atomic E-state index is 0.817. The Morgan fingerprint density at radius 2 is 0.983 bits per heavy atom. The number of rotatable bonds is 6. The topological polar surface area (TPSA) is 64.5 Å². The zero-order valence-electron chi connectivity index (χ0n) is 31.3. The van der Waals surface area contributed by atoms with Crippen LogP contribution in [0.3, 0.4) is 0 Å². The van der Waals surface area contributed by atoms with E-state index >= 15 is 0 Å². The molecule has 0 bridgehead atoms. The lowest BCUT2D eigenvalue weighted by atomic mass is 9.92. The molecular weight excluding hydrogens is 707 g/mol. The largest absolute Gasteiger partial charge is 0.264 e. The van der Waals surface area contributed by atoms with Gasteiger partial charge in [-0.3, -0.25) is 15.0 Å². The summed E-state index contributed by atoms with van der Waals surface area (Å²) in [5.41, 5.74) is 15.2. The van der Waals surface area contributed by atoms with E-state index in [0.29, 0.717) is 0 Å². The van der Waals surface area contributed by atoms with Gasteiger partial charge in [-0.2, -0.15) is 0 Å². The Hall–Kier alpha value is -7.89. The average Bonchev–Trinajstić information content (AvgIpc) is 3.31. The predicted molar refractivity (Wildman–Crippen MR) is 238 cm³/mol. The molecule has 0 saturated heterocycles. The van der Waals surface area contributed by atoms with Crippen LogP contribution in [-0.4, -0.2) is 24.9 Å². The van der Waals surface area contributed by atoms with Gasteiger partial charge < -0.3 is 0 Å². The summed E-state index contributed by atoms with van der Waals surface area (Å²) >= 11 is 0. The fraction of sp³-hybridized carbons (Fsp3) is 0. The Kier molecular flexibility index (Phi) is 8.07. The van der Waals surface area contributed by atoms with E-state index in [4.69, 9.17) is 19.9 Å². The summed E-state index contributed by atoms with van der Waals surface area (Å²) in [7, 11) is 0. The van der Waals surface area contributed by atoms with E-state index in [2.05, 4.69) is 151 Å². The van der Waals surface area contributed by atoms with E-state index in [1.54, 1.807) is 6.20 Å². The van der Waals surface area contributed by atoms with E-state index in [-0.39, 0.29) is 0 Å². The van der Waals surface area contributed by atoms with Crippen molar-refractivity contribution in [2.24, 2.45) is 0 Å². The highest BCUT2D eigenvalue weighted by molar-refractivity contribution is 6.16. The first-order valence-electron chi connectivity index (χ1n) is 19.4. The first-order chi connectivity index (χ1) is 28.7. The zero-order valence-corrected chi connectivity index (χ0v) is 31.3. The van der Waals surface area contributed by atoms with Crippen molar-refractivity contribution in [2.45, 2.75) is 0 Å². The van der Waals surface area contributed by atoms with Crippen LogP contribution in [0.4, 0.5) is 0 Å². The molecule has 0 radical (unpaired) electrons. The maximum Gasteiger partial charge on any atom is 0.0978 e. The van der Waals surface area contributed by atoms with Crippen LogP contribution in [0.1, 0.15) is 0 Å². The van der Waals surface area contributed by atoms with Gasteiger partial charge in [0.05, 0.1) is 33.6 Å². The first kappa shape index (κ1) is 33.4. The second-order valence-electron chi connectivity index (χ2n) is 14.6. The normalized spacial score (nSPS) is 11.4. The van der Waals surface area contributed by atoms with Gasteiger partial charge in [0.25, 0.3) is 0 Å². The maximum atomic E-state index is 5.20. The van der Waals surface area contributed by atoms with E-state index in [1.807, 2.05) is 48.9 Å². The SMILES string of the molecule is c1ccc(-c2ccc(-c3cc(-c4ccc5cc(-c6c7ccccc7nc7c6ccc6cccnc67)ccc5c4)cc(-c4ccc(-c5cccnc5)cc4)n3)nc2)cc1. The molecule has 0 spiro atoms. The third-order valence-electron chi connectivity index (χ3n) is 11.0. The standard InChI is InChI=1S/C53H33N5/c1-2-8-34(9-3-1)43-23-25-48(56-33-43)50-31-44(30-49(57-50)36-16-14-35(15-17-36)42-11-6-26-54-32-42)40-19-18-39-29-41(21-20-38(39)28-40)51-45-12-4-5-13-47(45)58-53-46(51)24-22-37-10-7-27-55-52(37)53/h1-33H. The number of hydrogen-bond donors (Lipinski definition) is 0. The lowest BCUT2D eigenvalue weighted by molar-refractivity contribution is 1.25. The van der Waals surface area contributed by atoms with E-state index in [9.17, 15) is 0 Å². The molecular formula is C53H33N5. The van der Waals surface area contributed by atoms with Crippen molar-refractivity contribution in [3.05, 3.63) is 201 Å². The van der Waals surface area contributed by atoms with Crippen LogP contribution in [0.25, 0.3) is 111 Å². The predicted octanol–water partition coefficient (Wildman–Crippen LogP) is 13.3. The molecule has 0 aliphatic rings. The van der Waals surface area contributed by atoms with Crippen molar-refractivity contribution >= 4 is 43.5 Å². The molecule has 6 aromatic carbocycles. The van der Waals surface area contributed by atoms with Crippen molar-refractivity contribution in [1.29, 1.82) is 0 Å². The zero-order chi connectivity index (χ0) is 38.4. The van der Waals surface area contributed by atoms with Gasteiger partial charge in [0.1, 0.15) is 0 Å². The Morgan fingerprint density at radius 1 is 0.310 bits per heavy atom. The van der Waals surface area contributed by atoms with Crippen LogP contribution >= 0.6 is 0 Å². The Balaban J connectivity index is 1.02. The summed E-state index contributed by atoms with van der Waals surface area (Å²) in [6, 6.07) is 61.7. The fourth-order valence-electron chi connectivity index (χ4n) is 8.07. The van der Waals surface area contributed by atoms with Gasteiger partial charge >= 0.3 is 0 Å². The summed E-state index contributed by atoms with van der Waals surface area (Å²) in [4.78, 5) is 24.3. The minimum Gasteiger partial charge on any atom is -0.264 e. The molecule has 0 aliphatic heterocycles. The van der Waals surface area contributed by atoms with Crippen LogP contribution in [0, 0.1) is 0 Å². The molecule has 5 aromatic heterocycles. The lowest BCUT2D eigenvalue weighted by Crippen LogP contribution is -1.94. The number of nitrogens with zero attached hydrogens (tertiary/aromatic N) is 5. The number of benzene rings is 6. The van der Waals surface area contributed by atoms with Crippen LogP contribution in [-0.2, 0) is 0 Å².